The lowest BCUT2D eigenvalue weighted by molar-refractivity contribution is 0.174. The van der Waals surface area contributed by atoms with Crippen LogP contribution in [-0.2, 0) is 13.0 Å². The second-order valence-corrected chi connectivity index (χ2v) is 7.45. The van der Waals surface area contributed by atoms with E-state index >= 15 is 0 Å². The molecular formula is C24H28N2O. The van der Waals surface area contributed by atoms with Crippen LogP contribution in [0.4, 0.5) is 0 Å². The molecule has 0 atom stereocenters. The maximum Gasteiger partial charge on any atom is 0.142 e. The third-order valence-electron chi connectivity index (χ3n) is 5.64. The monoisotopic (exact) mass is 360 g/mol. The molecule has 2 aromatic carbocycles. The number of ether oxygens (including phenoxy) is 1. The fraction of sp³-hybridized carbons (Fsp3) is 0.333. The quantitative estimate of drug-likeness (QED) is 0.619. The van der Waals surface area contributed by atoms with Crippen molar-refractivity contribution in [3.05, 3.63) is 84.2 Å². The number of rotatable bonds is 6. The van der Waals surface area contributed by atoms with E-state index in [0.717, 1.165) is 23.9 Å². The zero-order valence-electron chi connectivity index (χ0n) is 16.1. The molecule has 0 spiro atoms. The van der Waals surface area contributed by atoms with Gasteiger partial charge in [0.1, 0.15) is 5.75 Å². The van der Waals surface area contributed by atoms with Gasteiger partial charge in [0.05, 0.1) is 12.8 Å². The molecule has 0 N–H and O–H groups in total. The number of aromatic nitrogens is 1. The van der Waals surface area contributed by atoms with Crippen LogP contribution in [0, 0.1) is 5.92 Å². The highest BCUT2D eigenvalue weighted by molar-refractivity contribution is 5.48. The van der Waals surface area contributed by atoms with Gasteiger partial charge in [-0.15, -0.1) is 0 Å². The van der Waals surface area contributed by atoms with Crippen LogP contribution in [-0.4, -0.2) is 29.7 Å². The Morgan fingerprint density at radius 1 is 0.889 bits per heavy atom. The molecule has 4 rings (SSSR count). The summed E-state index contributed by atoms with van der Waals surface area (Å²) in [5, 5.41) is 0. The van der Waals surface area contributed by atoms with Crippen LogP contribution in [0.5, 0.6) is 5.75 Å². The van der Waals surface area contributed by atoms with Crippen molar-refractivity contribution in [1.82, 2.24) is 9.47 Å². The molecule has 0 unspecified atom stereocenters. The van der Waals surface area contributed by atoms with Gasteiger partial charge in [0.25, 0.3) is 0 Å². The Kier molecular flexibility index (Phi) is 5.59. The third kappa shape index (κ3) is 4.25. The van der Waals surface area contributed by atoms with Crippen LogP contribution < -0.4 is 4.74 Å². The Morgan fingerprint density at radius 3 is 2.41 bits per heavy atom. The Morgan fingerprint density at radius 2 is 1.63 bits per heavy atom. The minimum atomic E-state index is 0.810. The minimum absolute atomic E-state index is 0.810. The predicted molar refractivity (Wildman–Crippen MR) is 110 cm³/mol. The molecule has 0 aliphatic carbocycles. The first kappa shape index (κ1) is 17.9. The summed E-state index contributed by atoms with van der Waals surface area (Å²) in [6.45, 7) is 3.34. The van der Waals surface area contributed by atoms with Crippen LogP contribution in [0.2, 0.25) is 0 Å². The van der Waals surface area contributed by atoms with Gasteiger partial charge in [0.15, 0.2) is 0 Å². The van der Waals surface area contributed by atoms with Crippen LogP contribution >= 0.6 is 0 Å². The lowest BCUT2D eigenvalue weighted by atomic mass is 9.90. The molecule has 2 heterocycles. The van der Waals surface area contributed by atoms with E-state index in [4.69, 9.17) is 4.74 Å². The van der Waals surface area contributed by atoms with Crippen molar-refractivity contribution < 1.29 is 4.74 Å². The molecule has 1 aliphatic rings. The summed E-state index contributed by atoms with van der Waals surface area (Å²) in [4.78, 5) is 2.59. The van der Waals surface area contributed by atoms with Gasteiger partial charge in [-0.05, 0) is 68.1 Å². The van der Waals surface area contributed by atoms with E-state index < -0.39 is 0 Å². The number of piperidine rings is 1. The van der Waals surface area contributed by atoms with Gasteiger partial charge in [-0.2, -0.15) is 0 Å². The predicted octanol–water partition coefficient (Wildman–Crippen LogP) is 4.94. The van der Waals surface area contributed by atoms with Gasteiger partial charge in [-0.25, -0.2) is 0 Å². The average Bonchev–Trinajstić information content (AvgIpc) is 3.18. The number of likely N-dealkylation sites (tertiary alicyclic amines) is 1. The highest BCUT2D eigenvalue weighted by atomic mass is 16.5. The Hall–Kier alpha value is -2.52. The van der Waals surface area contributed by atoms with Crippen LogP contribution in [0.15, 0.2) is 72.9 Å². The highest BCUT2D eigenvalue weighted by Gasteiger charge is 2.20. The topological polar surface area (TPSA) is 17.4 Å². The fourth-order valence-corrected chi connectivity index (χ4v) is 4.13. The maximum absolute atomic E-state index is 5.55. The standard InChI is InChI=1S/C24H28N2O/c1-27-24-12-6-5-11-23(24)26-15-7-10-22(26)19-25-16-13-21(14-17-25)18-20-8-3-2-4-9-20/h2-12,15,21H,13-14,16-19H2,1H3. The van der Waals surface area contributed by atoms with Gasteiger partial charge >= 0.3 is 0 Å². The van der Waals surface area contributed by atoms with Gasteiger partial charge in [0.2, 0.25) is 0 Å². The van der Waals surface area contributed by atoms with E-state index in [1.54, 1.807) is 7.11 Å². The largest absolute Gasteiger partial charge is 0.495 e. The second kappa shape index (κ2) is 8.45. The highest BCUT2D eigenvalue weighted by Crippen LogP contribution is 2.26. The summed E-state index contributed by atoms with van der Waals surface area (Å²) in [6, 6.07) is 23.5. The first-order valence-corrected chi connectivity index (χ1v) is 9.89. The lowest BCUT2D eigenvalue weighted by Crippen LogP contribution is -2.34. The fourth-order valence-electron chi connectivity index (χ4n) is 4.13. The SMILES string of the molecule is COc1ccccc1-n1cccc1CN1CCC(Cc2ccccc2)CC1. The van der Waals surface area contributed by atoms with Crippen LogP contribution in [0.3, 0.4) is 0 Å². The second-order valence-electron chi connectivity index (χ2n) is 7.45. The zero-order valence-corrected chi connectivity index (χ0v) is 16.1. The maximum atomic E-state index is 5.55. The zero-order chi connectivity index (χ0) is 18.5. The number of hydrogen-bond acceptors (Lipinski definition) is 2. The third-order valence-corrected chi connectivity index (χ3v) is 5.64. The molecule has 3 nitrogen and oxygen atoms in total. The average molecular weight is 361 g/mol. The van der Waals surface area contributed by atoms with Crippen molar-refractivity contribution in [1.29, 1.82) is 0 Å². The van der Waals surface area contributed by atoms with Crippen molar-refractivity contribution in [2.24, 2.45) is 5.92 Å². The van der Waals surface area contributed by atoms with E-state index in [1.165, 1.54) is 43.6 Å². The van der Waals surface area contributed by atoms with Gasteiger partial charge in [-0.1, -0.05) is 42.5 Å². The van der Waals surface area contributed by atoms with Crippen molar-refractivity contribution in [3.8, 4) is 11.4 Å². The molecule has 1 fully saturated rings. The molecule has 1 saturated heterocycles. The van der Waals surface area contributed by atoms with E-state index in [9.17, 15) is 0 Å². The van der Waals surface area contributed by atoms with E-state index in [1.807, 2.05) is 12.1 Å². The molecule has 1 aliphatic heterocycles. The normalized spacial score (nSPS) is 15.7. The van der Waals surface area contributed by atoms with E-state index in [2.05, 4.69) is 70.3 Å². The molecule has 0 amide bonds. The molecule has 0 radical (unpaired) electrons. The first-order chi connectivity index (χ1) is 13.3. The van der Waals surface area contributed by atoms with Gasteiger partial charge < -0.3 is 9.30 Å². The number of methoxy groups -OCH3 is 1. The number of nitrogens with zero attached hydrogens (tertiary/aromatic N) is 2. The van der Waals surface area contributed by atoms with E-state index in [0.29, 0.717) is 0 Å². The molecule has 140 valence electrons. The molecule has 1 aromatic heterocycles. The summed E-state index contributed by atoms with van der Waals surface area (Å²) < 4.78 is 7.81. The number of benzene rings is 2. The summed E-state index contributed by atoms with van der Waals surface area (Å²) in [5.41, 5.74) is 3.90. The summed E-state index contributed by atoms with van der Waals surface area (Å²) >= 11 is 0. The van der Waals surface area contributed by atoms with Gasteiger partial charge in [0, 0.05) is 18.4 Å². The van der Waals surface area contributed by atoms with Crippen molar-refractivity contribution >= 4 is 0 Å². The van der Waals surface area contributed by atoms with Gasteiger partial charge in [-0.3, -0.25) is 4.90 Å². The Bertz CT molecular complexity index is 848. The van der Waals surface area contributed by atoms with Crippen LogP contribution in [0.1, 0.15) is 24.1 Å². The smallest absolute Gasteiger partial charge is 0.142 e. The molecular weight excluding hydrogens is 332 g/mol. The van der Waals surface area contributed by atoms with Crippen molar-refractivity contribution in [2.45, 2.75) is 25.8 Å². The lowest BCUT2D eigenvalue weighted by Gasteiger charge is -2.32. The van der Waals surface area contributed by atoms with E-state index in [-0.39, 0.29) is 0 Å². The van der Waals surface area contributed by atoms with Crippen molar-refractivity contribution in [2.75, 3.05) is 20.2 Å². The molecule has 27 heavy (non-hydrogen) atoms. The summed E-state index contributed by atoms with van der Waals surface area (Å²) in [7, 11) is 1.74. The minimum Gasteiger partial charge on any atom is -0.495 e. The summed E-state index contributed by atoms with van der Waals surface area (Å²) in [6.07, 6.45) is 5.91. The molecule has 3 aromatic rings. The Labute approximate surface area is 162 Å². The number of hydrogen-bond donors (Lipinski definition) is 0. The van der Waals surface area contributed by atoms with Crippen molar-refractivity contribution in [3.63, 3.8) is 0 Å². The first-order valence-electron chi connectivity index (χ1n) is 9.89. The summed E-state index contributed by atoms with van der Waals surface area (Å²) in [5.74, 6) is 1.72. The van der Waals surface area contributed by atoms with Crippen LogP contribution in [0.25, 0.3) is 5.69 Å². The molecule has 0 saturated carbocycles. The number of para-hydroxylation sites is 2. The molecule has 0 bridgehead atoms. The Balaban J connectivity index is 1.38. The molecule has 3 heteroatoms.